The van der Waals surface area contributed by atoms with Gasteiger partial charge in [-0.05, 0) is 47.5 Å². The lowest BCUT2D eigenvalue weighted by atomic mass is 10.0. The Bertz CT molecular complexity index is 1250. The first kappa shape index (κ1) is 20.1. The van der Waals surface area contributed by atoms with Crippen LogP contribution in [0.3, 0.4) is 0 Å². The average Bonchev–Trinajstić information content (AvgIpc) is 3.32. The van der Waals surface area contributed by atoms with Gasteiger partial charge in [0.05, 0.1) is 13.7 Å². The van der Waals surface area contributed by atoms with Crippen molar-refractivity contribution in [2.24, 2.45) is 0 Å². The minimum absolute atomic E-state index is 0.0318. The first-order valence-corrected chi connectivity index (χ1v) is 10.8. The summed E-state index contributed by atoms with van der Waals surface area (Å²) in [5.74, 6) is 1.61. The van der Waals surface area contributed by atoms with Gasteiger partial charge in [-0.25, -0.2) is 0 Å². The van der Waals surface area contributed by atoms with Crippen LogP contribution in [0.4, 0.5) is 0 Å². The highest BCUT2D eigenvalue weighted by molar-refractivity contribution is 5.95. The maximum atomic E-state index is 13.0. The zero-order valence-electron chi connectivity index (χ0n) is 17.9. The molecule has 1 unspecified atom stereocenters. The molecule has 32 heavy (non-hydrogen) atoms. The lowest BCUT2D eigenvalue weighted by molar-refractivity contribution is 0.0773. The summed E-state index contributed by atoms with van der Waals surface area (Å²) < 4.78 is 11.5. The molecule has 5 rings (SSSR count). The number of carbonyl (C=O) groups is 1. The van der Waals surface area contributed by atoms with Crippen molar-refractivity contribution in [2.75, 3.05) is 20.2 Å². The largest absolute Gasteiger partial charge is 0.497 e. The number of hydrogen-bond acceptors (Lipinski definition) is 4. The molecule has 1 amide bonds. The van der Waals surface area contributed by atoms with Gasteiger partial charge in [0.1, 0.15) is 23.1 Å². The number of nitrogens with zero attached hydrogens (tertiary/aromatic N) is 2. The van der Waals surface area contributed by atoms with Crippen LogP contribution < -0.4 is 9.47 Å². The minimum atomic E-state index is -0.0392. The molecule has 1 atom stereocenters. The molecule has 0 N–H and O–H groups in total. The van der Waals surface area contributed by atoms with E-state index in [0.29, 0.717) is 18.7 Å². The number of hydrogen-bond donors (Lipinski definition) is 0. The van der Waals surface area contributed by atoms with Crippen molar-refractivity contribution in [1.29, 1.82) is 0 Å². The van der Waals surface area contributed by atoms with Crippen LogP contribution in [0.15, 0.2) is 85.1 Å². The van der Waals surface area contributed by atoms with E-state index in [0.717, 1.165) is 39.9 Å². The molecule has 4 aromatic rings. The van der Waals surface area contributed by atoms with Crippen LogP contribution in [0.1, 0.15) is 16.8 Å². The second-order valence-electron chi connectivity index (χ2n) is 7.92. The van der Waals surface area contributed by atoms with Gasteiger partial charge in [-0.2, -0.15) is 0 Å². The summed E-state index contributed by atoms with van der Waals surface area (Å²) in [5, 5.41) is 1.05. The summed E-state index contributed by atoms with van der Waals surface area (Å²) in [6.45, 7) is 1.25. The molecule has 1 saturated heterocycles. The van der Waals surface area contributed by atoms with E-state index in [1.165, 1.54) is 0 Å². The molecule has 0 aliphatic carbocycles. The van der Waals surface area contributed by atoms with Crippen LogP contribution >= 0.6 is 0 Å². The number of carbonyl (C=O) groups excluding carboxylic acids is 1. The van der Waals surface area contributed by atoms with E-state index in [2.05, 4.69) is 4.98 Å². The zero-order chi connectivity index (χ0) is 21.9. The van der Waals surface area contributed by atoms with Crippen LogP contribution in [-0.2, 0) is 0 Å². The zero-order valence-corrected chi connectivity index (χ0v) is 17.9. The number of fused-ring (bicyclic) bond motifs is 1. The van der Waals surface area contributed by atoms with Crippen LogP contribution in [0, 0.1) is 0 Å². The van der Waals surface area contributed by atoms with Crippen molar-refractivity contribution in [3.63, 3.8) is 0 Å². The molecular formula is C27H24N2O3. The van der Waals surface area contributed by atoms with Gasteiger partial charge in [0.15, 0.2) is 0 Å². The van der Waals surface area contributed by atoms with Gasteiger partial charge in [-0.15, -0.1) is 0 Å². The molecule has 0 spiro atoms. The Morgan fingerprint density at radius 3 is 2.62 bits per heavy atom. The van der Waals surface area contributed by atoms with Gasteiger partial charge in [-0.1, -0.05) is 42.5 Å². The van der Waals surface area contributed by atoms with Gasteiger partial charge < -0.3 is 14.4 Å². The van der Waals surface area contributed by atoms with Crippen molar-refractivity contribution in [2.45, 2.75) is 12.5 Å². The molecule has 0 radical (unpaired) electrons. The fourth-order valence-electron chi connectivity index (χ4n) is 4.15. The molecule has 1 aliphatic rings. The van der Waals surface area contributed by atoms with Gasteiger partial charge in [-0.3, -0.25) is 9.78 Å². The number of benzene rings is 3. The molecular weight excluding hydrogens is 400 g/mol. The smallest absolute Gasteiger partial charge is 0.253 e. The topological polar surface area (TPSA) is 51.7 Å². The second kappa shape index (κ2) is 8.71. The molecule has 160 valence electrons. The predicted octanol–water partition coefficient (Wildman–Crippen LogP) is 5.20. The Morgan fingerprint density at radius 2 is 1.78 bits per heavy atom. The number of rotatable bonds is 5. The molecule has 0 bridgehead atoms. The Hall–Kier alpha value is -3.86. The first-order valence-electron chi connectivity index (χ1n) is 10.8. The maximum absolute atomic E-state index is 13.0. The number of methoxy groups -OCH3 is 1. The van der Waals surface area contributed by atoms with E-state index in [9.17, 15) is 4.79 Å². The number of likely N-dealkylation sites (tertiary alicyclic amines) is 1. The van der Waals surface area contributed by atoms with Crippen LogP contribution in [0.5, 0.6) is 11.5 Å². The Balaban J connectivity index is 1.26. The summed E-state index contributed by atoms with van der Waals surface area (Å²) >= 11 is 0. The molecule has 5 heteroatoms. The first-order chi connectivity index (χ1) is 15.7. The van der Waals surface area contributed by atoms with Gasteiger partial charge in [0, 0.05) is 30.1 Å². The van der Waals surface area contributed by atoms with Crippen LogP contribution in [0.25, 0.3) is 22.0 Å². The number of ether oxygens (including phenoxy) is 2. The van der Waals surface area contributed by atoms with Crippen molar-refractivity contribution in [3.05, 3.63) is 90.6 Å². The number of pyridine rings is 1. The Labute approximate surface area is 187 Å². The number of para-hydroxylation sites is 1. The molecule has 5 nitrogen and oxygen atoms in total. The summed E-state index contributed by atoms with van der Waals surface area (Å²) in [7, 11) is 1.66. The number of amides is 1. The van der Waals surface area contributed by atoms with Crippen molar-refractivity contribution in [3.8, 4) is 22.6 Å². The molecule has 1 aliphatic heterocycles. The maximum Gasteiger partial charge on any atom is 0.253 e. The summed E-state index contributed by atoms with van der Waals surface area (Å²) in [6.07, 6.45) is 2.54. The van der Waals surface area contributed by atoms with Gasteiger partial charge >= 0.3 is 0 Å². The second-order valence-corrected chi connectivity index (χ2v) is 7.92. The third-order valence-electron chi connectivity index (χ3n) is 5.86. The monoisotopic (exact) mass is 424 g/mol. The highest BCUT2D eigenvalue weighted by Crippen LogP contribution is 2.27. The summed E-state index contributed by atoms with van der Waals surface area (Å²) in [5.41, 5.74) is 3.64. The third kappa shape index (κ3) is 4.02. The Kier molecular flexibility index (Phi) is 5.46. The van der Waals surface area contributed by atoms with E-state index < -0.39 is 0 Å². The van der Waals surface area contributed by atoms with E-state index in [-0.39, 0.29) is 12.0 Å². The molecule has 1 aromatic heterocycles. The normalized spacial score (nSPS) is 15.7. The lowest BCUT2D eigenvalue weighted by Crippen LogP contribution is -2.30. The standard InChI is InChI=1S/C27H24N2O3/c1-31-23-8-2-6-22(17-23)19-10-12-21(13-11-19)27(30)29-16-14-24(18-29)32-25-9-3-5-20-7-4-15-28-26(20)25/h2-13,15,17,24H,14,16,18H2,1H3. The predicted molar refractivity (Wildman–Crippen MR) is 125 cm³/mol. The minimum Gasteiger partial charge on any atom is -0.497 e. The lowest BCUT2D eigenvalue weighted by Gasteiger charge is -2.18. The SMILES string of the molecule is COc1cccc(-c2ccc(C(=O)N3CCC(Oc4cccc5cccnc45)C3)cc2)c1. The highest BCUT2D eigenvalue weighted by Gasteiger charge is 2.28. The van der Waals surface area contributed by atoms with Gasteiger partial charge in [0.25, 0.3) is 5.91 Å². The van der Waals surface area contributed by atoms with Crippen molar-refractivity contribution < 1.29 is 14.3 Å². The van der Waals surface area contributed by atoms with E-state index in [1.807, 2.05) is 83.8 Å². The molecule has 0 saturated carbocycles. The molecule has 3 aromatic carbocycles. The molecule has 2 heterocycles. The summed E-state index contributed by atoms with van der Waals surface area (Å²) in [4.78, 5) is 19.4. The fraction of sp³-hybridized carbons (Fsp3) is 0.185. The van der Waals surface area contributed by atoms with Crippen LogP contribution in [-0.4, -0.2) is 42.1 Å². The fourth-order valence-corrected chi connectivity index (χ4v) is 4.15. The Morgan fingerprint density at radius 1 is 0.969 bits per heavy atom. The number of aromatic nitrogens is 1. The van der Waals surface area contributed by atoms with E-state index >= 15 is 0 Å². The third-order valence-corrected chi connectivity index (χ3v) is 5.86. The quantitative estimate of drug-likeness (QED) is 0.442. The van der Waals surface area contributed by atoms with E-state index in [1.54, 1.807) is 13.3 Å². The van der Waals surface area contributed by atoms with E-state index in [4.69, 9.17) is 9.47 Å². The van der Waals surface area contributed by atoms with Crippen molar-refractivity contribution >= 4 is 16.8 Å². The van der Waals surface area contributed by atoms with Crippen molar-refractivity contribution in [1.82, 2.24) is 9.88 Å². The average molecular weight is 425 g/mol. The molecule has 1 fully saturated rings. The highest BCUT2D eigenvalue weighted by atomic mass is 16.5. The summed E-state index contributed by atoms with van der Waals surface area (Å²) in [6, 6.07) is 25.5. The van der Waals surface area contributed by atoms with Crippen LogP contribution in [0.2, 0.25) is 0 Å². The van der Waals surface area contributed by atoms with Gasteiger partial charge in [0.2, 0.25) is 0 Å².